The predicted molar refractivity (Wildman–Crippen MR) is 86.7 cm³/mol. The van der Waals surface area contributed by atoms with Gasteiger partial charge in [0, 0.05) is 13.1 Å². The Hall–Kier alpha value is -1.57. The first kappa shape index (κ1) is 17.8. The lowest BCUT2D eigenvalue weighted by Gasteiger charge is -2.27. The lowest BCUT2D eigenvalue weighted by molar-refractivity contribution is -0.148. The highest BCUT2D eigenvalue weighted by Gasteiger charge is 2.33. The largest absolute Gasteiger partial charge is 0.466 e. The van der Waals surface area contributed by atoms with E-state index in [2.05, 4.69) is 20.9 Å². The van der Waals surface area contributed by atoms with Crippen molar-refractivity contribution in [2.24, 2.45) is 5.92 Å². The number of amides is 1. The van der Waals surface area contributed by atoms with Gasteiger partial charge in [0.15, 0.2) is 0 Å². The molecule has 0 spiro atoms. The van der Waals surface area contributed by atoms with Crippen molar-refractivity contribution in [3.63, 3.8) is 0 Å². The van der Waals surface area contributed by atoms with Crippen LogP contribution in [0.5, 0.6) is 0 Å². The highest BCUT2D eigenvalue weighted by atomic mass is 79.9. The number of nitrogens with zero attached hydrogens (tertiary/aromatic N) is 3. The molecule has 0 saturated heterocycles. The Kier molecular flexibility index (Phi) is 5.33. The molecule has 1 aromatic heterocycles. The molecule has 7 nitrogen and oxygen atoms in total. The number of carbonyl (C=O) groups is 2. The van der Waals surface area contributed by atoms with Crippen molar-refractivity contribution >= 4 is 28.0 Å². The number of fused-ring (bicyclic) bond motifs is 1. The minimum atomic E-state index is -0.597. The molecule has 1 aliphatic rings. The Balaban J connectivity index is 2.26. The van der Waals surface area contributed by atoms with Crippen LogP contribution in [0.4, 0.5) is 4.79 Å². The number of ether oxygens (including phenoxy) is 2. The number of imidazole rings is 1. The maximum Gasteiger partial charge on any atom is 0.410 e. The third-order valence-corrected chi connectivity index (χ3v) is 4.03. The minimum absolute atomic E-state index is 0.252. The van der Waals surface area contributed by atoms with Crippen molar-refractivity contribution in [3.8, 4) is 0 Å². The summed E-state index contributed by atoms with van der Waals surface area (Å²) in [6.07, 6.45) is 1.21. The molecule has 0 saturated carbocycles. The third kappa shape index (κ3) is 4.46. The van der Waals surface area contributed by atoms with E-state index >= 15 is 0 Å². The van der Waals surface area contributed by atoms with Gasteiger partial charge in [0.05, 0.1) is 31.1 Å². The fourth-order valence-electron chi connectivity index (χ4n) is 2.38. The molecular weight excluding hydrogens is 366 g/mol. The summed E-state index contributed by atoms with van der Waals surface area (Å²) in [6.45, 7) is 8.50. The normalized spacial score (nSPS) is 18.1. The van der Waals surface area contributed by atoms with Gasteiger partial charge in [0.2, 0.25) is 0 Å². The standard InChI is InChI=1S/C15H22BrN3O4/c1-5-22-13(20)10-6-18(14(21)23-15(2,3)4)8-11-12(16)17-9-19(11)7-10/h9-10H,5-8H2,1-4H3. The van der Waals surface area contributed by atoms with E-state index in [0.29, 0.717) is 24.3 Å². The van der Waals surface area contributed by atoms with Crippen LogP contribution >= 0.6 is 15.9 Å². The van der Waals surface area contributed by atoms with E-state index in [1.165, 1.54) is 4.90 Å². The molecule has 2 rings (SSSR count). The van der Waals surface area contributed by atoms with Crippen LogP contribution in [0, 0.1) is 5.92 Å². The summed E-state index contributed by atoms with van der Waals surface area (Å²) in [5, 5.41) is 0. The van der Waals surface area contributed by atoms with Crippen LogP contribution in [0.2, 0.25) is 0 Å². The van der Waals surface area contributed by atoms with Gasteiger partial charge in [-0.25, -0.2) is 9.78 Å². The van der Waals surface area contributed by atoms with Crippen LogP contribution in [0.3, 0.4) is 0 Å². The van der Waals surface area contributed by atoms with Crippen LogP contribution in [0.25, 0.3) is 0 Å². The Labute approximate surface area is 144 Å². The van der Waals surface area contributed by atoms with E-state index < -0.39 is 17.6 Å². The maximum atomic E-state index is 12.4. The predicted octanol–water partition coefficient (Wildman–Crippen LogP) is 2.58. The van der Waals surface area contributed by atoms with Gasteiger partial charge in [-0.15, -0.1) is 0 Å². The van der Waals surface area contributed by atoms with Gasteiger partial charge in [0.1, 0.15) is 10.2 Å². The molecule has 1 aliphatic heterocycles. The maximum absolute atomic E-state index is 12.4. The van der Waals surface area contributed by atoms with E-state index in [1.807, 2.05) is 25.3 Å². The highest BCUT2D eigenvalue weighted by Crippen LogP contribution is 2.24. The lowest BCUT2D eigenvalue weighted by Crippen LogP contribution is -2.40. The fourth-order valence-corrected chi connectivity index (χ4v) is 2.82. The molecule has 0 radical (unpaired) electrons. The molecule has 2 heterocycles. The lowest BCUT2D eigenvalue weighted by atomic mass is 10.1. The van der Waals surface area contributed by atoms with E-state index in [9.17, 15) is 9.59 Å². The first-order valence-corrected chi connectivity index (χ1v) is 8.34. The highest BCUT2D eigenvalue weighted by molar-refractivity contribution is 9.10. The quantitative estimate of drug-likeness (QED) is 0.729. The van der Waals surface area contributed by atoms with Gasteiger partial charge in [-0.3, -0.25) is 4.79 Å². The second-order valence-corrected chi connectivity index (χ2v) is 7.20. The molecule has 1 aromatic rings. The number of hydrogen-bond acceptors (Lipinski definition) is 5. The summed E-state index contributed by atoms with van der Waals surface area (Å²) in [7, 11) is 0. The fraction of sp³-hybridized carbons (Fsp3) is 0.667. The van der Waals surface area contributed by atoms with Gasteiger partial charge in [-0.05, 0) is 43.6 Å². The third-order valence-electron chi connectivity index (χ3n) is 3.37. The zero-order valence-electron chi connectivity index (χ0n) is 13.8. The Bertz CT molecular complexity index is 594. The number of halogens is 1. The molecule has 0 bridgehead atoms. The van der Waals surface area contributed by atoms with Crippen molar-refractivity contribution in [2.75, 3.05) is 13.2 Å². The van der Waals surface area contributed by atoms with Gasteiger partial charge in [-0.2, -0.15) is 0 Å². The minimum Gasteiger partial charge on any atom is -0.466 e. The molecule has 8 heteroatoms. The average molecular weight is 388 g/mol. The first-order valence-electron chi connectivity index (χ1n) is 7.55. The SMILES string of the molecule is CCOC(=O)C1CN(C(=O)OC(C)(C)C)Cc2c(Br)ncn2C1. The van der Waals surface area contributed by atoms with Gasteiger partial charge < -0.3 is 18.9 Å². The van der Waals surface area contributed by atoms with Crippen LogP contribution in [0.1, 0.15) is 33.4 Å². The molecule has 0 aromatic carbocycles. The molecular formula is C15H22BrN3O4. The molecule has 1 atom stereocenters. The molecule has 0 N–H and O–H groups in total. The number of esters is 1. The number of aromatic nitrogens is 2. The number of rotatable bonds is 2. The van der Waals surface area contributed by atoms with Crippen LogP contribution in [-0.2, 0) is 27.4 Å². The Morgan fingerprint density at radius 2 is 2.09 bits per heavy atom. The topological polar surface area (TPSA) is 73.7 Å². The van der Waals surface area contributed by atoms with E-state index in [1.54, 1.807) is 13.3 Å². The second-order valence-electron chi connectivity index (χ2n) is 6.44. The van der Waals surface area contributed by atoms with E-state index in [0.717, 1.165) is 5.69 Å². The van der Waals surface area contributed by atoms with E-state index in [-0.39, 0.29) is 12.5 Å². The Morgan fingerprint density at radius 1 is 1.39 bits per heavy atom. The zero-order valence-corrected chi connectivity index (χ0v) is 15.4. The van der Waals surface area contributed by atoms with Crippen LogP contribution in [0.15, 0.2) is 10.9 Å². The zero-order chi connectivity index (χ0) is 17.2. The summed E-state index contributed by atoms with van der Waals surface area (Å²) in [5.74, 6) is -0.774. The molecule has 128 valence electrons. The first-order chi connectivity index (χ1) is 10.7. The summed E-state index contributed by atoms with van der Waals surface area (Å²) < 4.78 is 13.1. The monoisotopic (exact) mass is 387 g/mol. The number of hydrogen-bond donors (Lipinski definition) is 0. The van der Waals surface area contributed by atoms with Crippen molar-refractivity contribution < 1.29 is 19.1 Å². The smallest absolute Gasteiger partial charge is 0.410 e. The van der Waals surface area contributed by atoms with Crippen molar-refractivity contribution in [2.45, 2.75) is 46.4 Å². The summed E-state index contributed by atoms with van der Waals surface area (Å²) >= 11 is 3.39. The average Bonchev–Trinajstić information content (AvgIpc) is 2.67. The van der Waals surface area contributed by atoms with Crippen LogP contribution in [-0.4, -0.2) is 45.3 Å². The molecule has 1 amide bonds. The van der Waals surface area contributed by atoms with Crippen molar-refractivity contribution in [3.05, 3.63) is 16.6 Å². The van der Waals surface area contributed by atoms with Gasteiger partial charge in [0.25, 0.3) is 0 Å². The van der Waals surface area contributed by atoms with Crippen molar-refractivity contribution in [1.29, 1.82) is 0 Å². The number of carbonyl (C=O) groups excluding carboxylic acids is 2. The summed E-state index contributed by atoms with van der Waals surface area (Å²) in [5.41, 5.74) is 0.239. The molecule has 1 unspecified atom stereocenters. The van der Waals surface area contributed by atoms with Crippen LogP contribution < -0.4 is 0 Å². The molecule has 0 fully saturated rings. The van der Waals surface area contributed by atoms with Crippen molar-refractivity contribution in [1.82, 2.24) is 14.5 Å². The molecule has 23 heavy (non-hydrogen) atoms. The molecule has 0 aliphatic carbocycles. The Morgan fingerprint density at radius 3 is 2.70 bits per heavy atom. The van der Waals surface area contributed by atoms with Gasteiger partial charge >= 0.3 is 12.1 Å². The van der Waals surface area contributed by atoms with Gasteiger partial charge in [-0.1, -0.05) is 0 Å². The summed E-state index contributed by atoms with van der Waals surface area (Å²) in [6, 6.07) is 0. The summed E-state index contributed by atoms with van der Waals surface area (Å²) in [4.78, 5) is 30.3. The second kappa shape index (κ2) is 6.90. The van der Waals surface area contributed by atoms with E-state index in [4.69, 9.17) is 9.47 Å².